The highest BCUT2D eigenvalue weighted by atomic mass is 16.3. The van der Waals surface area contributed by atoms with Gasteiger partial charge in [0, 0.05) is 6.54 Å². The van der Waals surface area contributed by atoms with E-state index in [0.717, 1.165) is 21.9 Å². The quantitative estimate of drug-likeness (QED) is 0.750. The van der Waals surface area contributed by atoms with Crippen LogP contribution in [0.15, 0.2) is 36.4 Å². The number of aliphatic hydroxyl groups is 2. The van der Waals surface area contributed by atoms with Crippen LogP contribution in [0.4, 0.5) is 0 Å². The number of nitrogens with two attached hydrogens (primary N) is 1. The Hall–Kier alpha value is -1.42. The van der Waals surface area contributed by atoms with Gasteiger partial charge in [-0.2, -0.15) is 0 Å². The molecule has 0 amide bonds. The lowest BCUT2D eigenvalue weighted by Crippen LogP contribution is -2.27. The molecule has 0 saturated carbocycles. The summed E-state index contributed by atoms with van der Waals surface area (Å²) in [5.41, 5.74) is 7.25. The number of fused-ring (bicyclic) bond motifs is 1. The normalized spacial score (nSPS) is 14.8. The molecule has 0 aliphatic heterocycles. The van der Waals surface area contributed by atoms with Gasteiger partial charge in [0.25, 0.3) is 0 Å². The van der Waals surface area contributed by atoms with Gasteiger partial charge in [0.05, 0.1) is 6.10 Å². The van der Waals surface area contributed by atoms with E-state index in [9.17, 15) is 10.2 Å². The minimum atomic E-state index is -0.939. The molecule has 3 heteroatoms. The maximum absolute atomic E-state index is 10.0. The molecule has 0 saturated heterocycles. The first-order valence-electron chi connectivity index (χ1n) is 5.69. The number of rotatable bonds is 3. The van der Waals surface area contributed by atoms with Gasteiger partial charge >= 0.3 is 0 Å². The maximum atomic E-state index is 10.0. The summed E-state index contributed by atoms with van der Waals surface area (Å²) in [6, 6.07) is 11.6. The molecular formula is C14H17NO2. The molecule has 2 aromatic carbocycles. The van der Waals surface area contributed by atoms with Crippen LogP contribution in [0.3, 0.4) is 0 Å². The fourth-order valence-corrected chi connectivity index (χ4v) is 2.07. The summed E-state index contributed by atoms with van der Waals surface area (Å²) in [4.78, 5) is 0. The van der Waals surface area contributed by atoms with Crippen LogP contribution in [0.2, 0.25) is 0 Å². The lowest BCUT2D eigenvalue weighted by atomic mass is 9.95. The first-order chi connectivity index (χ1) is 8.15. The Bertz CT molecular complexity index is 525. The first kappa shape index (κ1) is 12.0. The van der Waals surface area contributed by atoms with Crippen molar-refractivity contribution >= 4 is 10.8 Å². The molecule has 3 nitrogen and oxygen atoms in total. The standard InChI is InChI=1S/C14H17NO2/c1-9-6-7-12(14(17)13(16)8-15)11-5-3-2-4-10(9)11/h2-7,13-14,16-17H,8,15H2,1H3. The zero-order chi connectivity index (χ0) is 12.4. The van der Waals surface area contributed by atoms with Gasteiger partial charge in [0.1, 0.15) is 6.10 Å². The van der Waals surface area contributed by atoms with Crippen LogP contribution in [0.1, 0.15) is 17.2 Å². The Kier molecular flexibility index (Phi) is 3.43. The number of hydrogen-bond acceptors (Lipinski definition) is 3. The van der Waals surface area contributed by atoms with E-state index < -0.39 is 12.2 Å². The summed E-state index contributed by atoms with van der Waals surface area (Å²) in [7, 11) is 0. The van der Waals surface area contributed by atoms with Gasteiger partial charge < -0.3 is 15.9 Å². The molecule has 0 aliphatic carbocycles. The second kappa shape index (κ2) is 4.84. The third kappa shape index (κ3) is 2.17. The van der Waals surface area contributed by atoms with Crippen molar-refractivity contribution in [1.29, 1.82) is 0 Å². The van der Waals surface area contributed by atoms with Gasteiger partial charge in [-0.15, -0.1) is 0 Å². The molecule has 2 aromatic rings. The number of hydrogen-bond donors (Lipinski definition) is 3. The van der Waals surface area contributed by atoms with E-state index >= 15 is 0 Å². The van der Waals surface area contributed by atoms with E-state index in [4.69, 9.17) is 5.73 Å². The van der Waals surface area contributed by atoms with Crippen molar-refractivity contribution in [3.63, 3.8) is 0 Å². The van der Waals surface area contributed by atoms with Crippen LogP contribution in [0, 0.1) is 6.92 Å². The molecule has 4 N–H and O–H groups in total. The fourth-order valence-electron chi connectivity index (χ4n) is 2.07. The van der Waals surface area contributed by atoms with Crippen LogP contribution in [-0.4, -0.2) is 22.9 Å². The predicted octanol–water partition coefficient (Wildman–Crippen LogP) is 1.50. The van der Waals surface area contributed by atoms with Crippen molar-refractivity contribution in [1.82, 2.24) is 0 Å². The van der Waals surface area contributed by atoms with Crippen molar-refractivity contribution in [3.05, 3.63) is 47.5 Å². The summed E-state index contributed by atoms with van der Waals surface area (Å²) in [5, 5.41) is 21.7. The maximum Gasteiger partial charge on any atom is 0.107 e. The molecule has 2 unspecified atom stereocenters. The van der Waals surface area contributed by atoms with Gasteiger partial charge in [-0.1, -0.05) is 36.4 Å². The molecule has 0 radical (unpaired) electrons. The summed E-state index contributed by atoms with van der Waals surface area (Å²) >= 11 is 0. The summed E-state index contributed by atoms with van der Waals surface area (Å²) in [5.74, 6) is 0. The summed E-state index contributed by atoms with van der Waals surface area (Å²) in [6.07, 6.45) is -1.87. The Labute approximate surface area is 101 Å². The van der Waals surface area contributed by atoms with Gasteiger partial charge in [0.15, 0.2) is 0 Å². The van der Waals surface area contributed by atoms with E-state index in [-0.39, 0.29) is 6.54 Å². The average molecular weight is 231 g/mol. The highest BCUT2D eigenvalue weighted by molar-refractivity contribution is 5.88. The Morgan fingerprint density at radius 3 is 2.35 bits per heavy atom. The van der Waals surface area contributed by atoms with Crippen LogP contribution in [0.5, 0.6) is 0 Å². The van der Waals surface area contributed by atoms with E-state index in [0.29, 0.717) is 0 Å². The Morgan fingerprint density at radius 1 is 1.06 bits per heavy atom. The van der Waals surface area contributed by atoms with Gasteiger partial charge in [-0.3, -0.25) is 0 Å². The lowest BCUT2D eigenvalue weighted by molar-refractivity contribution is 0.0252. The molecule has 0 fully saturated rings. The molecule has 0 aromatic heterocycles. The van der Waals surface area contributed by atoms with Gasteiger partial charge in [0.2, 0.25) is 0 Å². The van der Waals surface area contributed by atoms with Crippen molar-refractivity contribution < 1.29 is 10.2 Å². The monoisotopic (exact) mass is 231 g/mol. The topological polar surface area (TPSA) is 66.5 Å². The Balaban J connectivity index is 2.59. The Morgan fingerprint density at radius 2 is 1.71 bits per heavy atom. The van der Waals surface area contributed by atoms with Gasteiger partial charge in [-0.05, 0) is 28.8 Å². The highest BCUT2D eigenvalue weighted by Gasteiger charge is 2.19. The molecule has 0 heterocycles. The van der Waals surface area contributed by atoms with Crippen LogP contribution < -0.4 is 5.73 Å². The van der Waals surface area contributed by atoms with Crippen molar-refractivity contribution in [2.75, 3.05) is 6.54 Å². The van der Waals surface area contributed by atoms with Gasteiger partial charge in [-0.25, -0.2) is 0 Å². The van der Waals surface area contributed by atoms with Crippen LogP contribution in [-0.2, 0) is 0 Å². The lowest BCUT2D eigenvalue weighted by Gasteiger charge is -2.19. The second-order valence-corrected chi connectivity index (χ2v) is 4.27. The molecule has 0 bridgehead atoms. The van der Waals surface area contributed by atoms with Crippen LogP contribution in [0.25, 0.3) is 10.8 Å². The van der Waals surface area contributed by atoms with E-state index in [1.54, 1.807) is 0 Å². The molecule has 90 valence electrons. The number of aryl methyl sites for hydroxylation is 1. The second-order valence-electron chi connectivity index (χ2n) is 4.27. The van der Waals surface area contributed by atoms with Crippen LogP contribution >= 0.6 is 0 Å². The molecule has 0 spiro atoms. The molecule has 0 aliphatic rings. The predicted molar refractivity (Wildman–Crippen MR) is 68.7 cm³/mol. The van der Waals surface area contributed by atoms with Crippen molar-refractivity contribution in [2.24, 2.45) is 5.73 Å². The fraction of sp³-hybridized carbons (Fsp3) is 0.286. The average Bonchev–Trinajstić information content (AvgIpc) is 2.38. The summed E-state index contributed by atoms with van der Waals surface area (Å²) in [6.45, 7) is 2.07. The first-order valence-corrected chi connectivity index (χ1v) is 5.69. The molecule has 17 heavy (non-hydrogen) atoms. The van der Waals surface area contributed by atoms with E-state index in [1.807, 2.05) is 43.3 Å². The van der Waals surface area contributed by atoms with Crippen molar-refractivity contribution in [2.45, 2.75) is 19.1 Å². The zero-order valence-electron chi connectivity index (χ0n) is 9.80. The van der Waals surface area contributed by atoms with E-state index in [2.05, 4.69) is 0 Å². The molecular weight excluding hydrogens is 214 g/mol. The van der Waals surface area contributed by atoms with E-state index in [1.165, 1.54) is 0 Å². The smallest absolute Gasteiger partial charge is 0.107 e. The summed E-state index contributed by atoms with van der Waals surface area (Å²) < 4.78 is 0. The highest BCUT2D eigenvalue weighted by Crippen LogP contribution is 2.28. The largest absolute Gasteiger partial charge is 0.389 e. The minimum Gasteiger partial charge on any atom is -0.389 e. The SMILES string of the molecule is Cc1ccc(C(O)C(O)CN)c2ccccc12. The zero-order valence-corrected chi connectivity index (χ0v) is 9.80. The number of benzene rings is 2. The molecule has 2 rings (SSSR count). The minimum absolute atomic E-state index is 0.0450. The van der Waals surface area contributed by atoms with Crippen molar-refractivity contribution in [3.8, 4) is 0 Å². The number of aliphatic hydroxyl groups excluding tert-OH is 2. The molecule has 2 atom stereocenters. The third-order valence-corrected chi connectivity index (χ3v) is 3.10. The third-order valence-electron chi connectivity index (χ3n) is 3.10.